The van der Waals surface area contributed by atoms with E-state index in [1.807, 2.05) is 19.9 Å². The van der Waals surface area contributed by atoms with Crippen LogP contribution in [0.3, 0.4) is 0 Å². The Hall–Kier alpha value is -1.75. The van der Waals surface area contributed by atoms with Crippen molar-refractivity contribution in [2.75, 3.05) is 5.32 Å². The van der Waals surface area contributed by atoms with Crippen molar-refractivity contribution in [2.45, 2.75) is 32.3 Å². The van der Waals surface area contributed by atoms with Crippen molar-refractivity contribution >= 4 is 29.4 Å². The van der Waals surface area contributed by atoms with Crippen molar-refractivity contribution in [1.29, 1.82) is 0 Å². The van der Waals surface area contributed by atoms with Crippen molar-refractivity contribution < 1.29 is 19.4 Å². The van der Waals surface area contributed by atoms with E-state index < -0.39 is 17.6 Å². The number of carbonyl (C=O) groups excluding carboxylic acids is 1. The van der Waals surface area contributed by atoms with Crippen molar-refractivity contribution in [3.8, 4) is 0 Å². The molecule has 6 heteroatoms. The highest BCUT2D eigenvalue weighted by Gasteiger charge is 2.22. The van der Waals surface area contributed by atoms with Crippen molar-refractivity contribution in [3.63, 3.8) is 0 Å². The number of esters is 1. The summed E-state index contributed by atoms with van der Waals surface area (Å²) in [4.78, 5) is 21.8. The summed E-state index contributed by atoms with van der Waals surface area (Å²) in [5, 5.41) is 11.1. The van der Waals surface area contributed by atoms with Crippen LogP contribution in [0.15, 0.2) is 18.2 Å². The van der Waals surface area contributed by atoms with Gasteiger partial charge in [-0.2, -0.15) is 0 Å². The number of amides is 1. The maximum atomic E-state index is 11.0. The number of alkyl halides is 1. The highest BCUT2D eigenvalue weighted by atomic mass is 35.5. The summed E-state index contributed by atoms with van der Waals surface area (Å²) in [7, 11) is 0. The first-order valence-electron chi connectivity index (χ1n) is 5.77. The molecule has 0 heterocycles. The molecule has 1 unspecified atom stereocenters. The summed E-state index contributed by atoms with van der Waals surface area (Å²) in [5.41, 5.74) is 0.585. The van der Waals surface area contributed by atoms with Gasteiger partial charge in [-0.15, -0.1) is 0 Å². The SMILES string of the molecule is CC(=O)OC(Cl)c1c(NC(=O)O)cccc1C(C)C. The minimum atomic E-state index is -1.20. The third-order valence-corrected chi connectivity index (χ3v) is 2.81. The van der Waals surface area contributed by atoms with E-state index in [1.165, 1.54) is 6.92 Å². The largest absolute Gasteiger partial charge is 0.465 e. The van der Waals surface area contributed by atoms with Crippen LogP contribution in [0.4, 0.5) is 10.5 Å². The summed E-state index contributed by atoms with van der Waals surface area (Å²) < 4.78 is 4.94. The first-order valence-corrected chi connectivity index (χ1v) is 6.20. The molecule has 1 aromatic rings. The first kappa shape index (κ1) is 15.3. The van der Waals surface area contributed by atoms with Gasteiger partial charge in [0.25, 0.3) is 0 Å². The monoisotopic (exact) mass is 285 g/mol. The van der Waals surface area contributed by atoms with E-state index in [1.54, 1.807) is 12.1 Å². The predicted molar refractivity (Wildman–Crippen MR) is 72.5 cm³/mol. The van der Waals surface area contributed by atoms with Crippen LogP contribution in [0.1, 0.15) is 43.4 Å². The standard InChI is InChI=1S/C13H16ClNO4/c1-7(2)9-5-4-6-10(15-13(17)18)11(9)12(14)19-8(3)16/h4-7,12,15H,1-3H3,(H,17,18). The zero-order valence-electron chi connectivity index (χ0n) is 10.9. The lowest BCUT2D eigenvalue weighted by molar-refractivity contribution is -0.142. The summed E-state index contributed by atoms with van der Waals surface area (Å²) in [6.45, 7) is 5.14. The molecule has 1 atom stereocenters. The average molecular weight is 286 g/mol. The van der Waals surface area contributed by atoms with Crippen LogP contribution in [0.5, 0.6) is 0 Å². The molecular formula is C13H16ClNO4. The van der Waals surface area contributed by atoms with Gasteiger partial charge >= 0.3 is 12.1 Å². The fraction of sp³-hybridized carbons (Fsp3) is 0.385. The maximum absolute atomic E-state index is 11.0. The van der Waals surface area contributed by atoms with Crippen molar-refractivity contribution in [2.24, 2.45) is 0 Å². The zero-order chi connectivity index (χ0) is 14.6. The Morgan fingerprint density at radius 3 is 2.47 bits per heavy atom. The fourth-order valence-corrected chi connectivity index (χ4v) is 2.14. The van der Waals surface area contributed by atoms with Gasteiger partial charge in [0, 0.05) is 12.5 Å². The maximum Gasteiger partial charge on any atom is 0.409 e. The smallest absolute Gasteiger partial charge is 0.409 e. The van der Waals surface area contributed by atoms with Crippen molar-refractivity contribution in [3.05, 3.63) is 29.3 Å². The molecule has 0 aromatic heterocycles. The van der Waals surface area contributed by atoms with Crippen LogP contribution in [-0.2, 0) is 9.53 Å². The van der Waals surface area contributed by atoms with Gasteiger partial charge in [0.1, 0.15) is 0 Å². The number of hydrogen-bond acceptors (Lipinski definition) is 3. The summed E-state index contributed by atoms with van der Waals surface area (Å²) >= 11 is 6.06. The quantitative estimate of drug-likeness (QED) is 0.653. The highest BCUT2D eigenvalue weighted by molar-refractivity contribution is 6.21. The Morgan fingerprint density at radius 2 is 2.00 bits per heavy atom. The van der Waals surface area contributed by atoms with Gasteiger partial charge in [0.2, 0.25) is 5.56 Å². The number of rotatable bonds is 4. The summed E-state index contributed by atoms with van der Waals surface area (Å²) in [6, 6.07) is 5.13. The van der Waals surface area contributed by atoms with Gasteiger partial charge in [-0.3, -0.25) is 10.1 Å². The number of anilines is 1. The number of carboxylic acid groups (broad SMARTS) is 1. The molecule has 0 aliphatic carbocycles. The minimum Gasteiger partial charge on any atom is -0.465 e. The highest BCUT2D eigenvalue weighted by Crippen LogP contribution is 2.35. The molecule has 19 heavy (non-hydrogen) atoms. The number of carbonyl (C=O) groups is 2. The van der Waals surface area contributed by atoms with E-state index in [0.29, 0.717) is 11.3 Å². The van der Waals surface area contributed by atoms with Crippen LogP contribution >= 0.6 is 11.6 Å². The molecule has 0 radical (unpaired) electrons. The summed E-state index contributed by atoms with van der Waals surface area (Å²) in [5.74, 6) is -0.415. The van der Waals surface area contributed by atoms with E-state index in [-0.39, 0.29) is 5.92 Å². The van der Waals surface area contributed by atoms with Crippen LogP contribution in [0, 0.1) is 0 Å². The van der Waals surface area contributed by atoms with E-state index in [9.17, 15) is 9.59 Å². The second-order valence-corrected chi connectivity index (χ2v) is 4.72. The van der Waals surface area contributed by atoms with E-state index in [0.717, 1.165) is 5.56 Å². The Kier molecular flexibility index (Phi) is 5.18. The van der Waals surface area contributed by atoms with E-state index in [2.05, 4.69) is 5.32 Å². The Bertz CT molecular complexity index is 488. The number of nitrogens with one attached hydrogen (secondary N) is 1. The van der Waals surface area contributed by atoms with Crippen LogP contribution in [0.2, 0.25) is 0 Å². The number of benzene rings is 1. The lowest BCUT2D eigenvalue weighted by Crippen LogP contribution is -2.14. The first-order chi connectivity index (χ1) is 8.82. The Morgan fingerprint density at radius 1 is 1.37 bits per heavy atom. The third-order valence-electron chi connectivity index (χ3n) is 2.50. The van der Waals surface area contributed by atoms with Gasteiger partial charge in [-0.1, -0.05) is 37.6 Å². The molecule has 0 saturated carbocycles. The second-order valence-electron chi connectivity index (χ2n) is 4.32. The number of hydrogen-bond donors (Lipinski definition) is 2. The molecule has 1 amide bonds. The predicted octanol–water partition coefficient (Wildman–Crippen LogP) is 3.70. The summed E-state index contributed by atoms with van der Waals surface area (Å²) in [6.07, 6.45) is -1.20. The molecule has 1 rings (SSSR count). The van der Waals surface area contributed by atoms with Crippen LogP contribution < -0.4 is 5.32 Å². The topological polar surface area (TPSA) is 75.6 Å². The lowest BCUT2D eigenvalue weighted by atomic mass is 9.96. The van der Waals surface area contributed by atoms with Crippen molar-refractivity contribution in [1.82, 2.24) is 0 Å². The molecule has 2 N–H and O–H groups in total. The molecule has 1 aromatic carbocycles. The molecular weight excluding hydrogens is 270 g/mol. The normalized spacial score (nSPS) is 12.1. The van der Waals surface area contributed by atoms with Gasteiger partial charge in [0.15, 0.2) is 0 Å². The van der Waals surface area contributed by atoms with E-state index >= 15 is 0 Å². The molecule has 0 fully saturated rings. The number of halogens is 1. The molecule has 5 nitrogen and oxygen atoms in total. The third kappa shape index (κ3) is 4.13. The zero-order valence-corrected chi connectivity index (χ0v) is 11.7. The number of ether oxygens (including phenoxy) is 1. The molecule has 104 valence electrons. The van der Waals surface area contributed by atoms with Gasteiger partial charge in [0.05, 0.1) is 5.69 Å². The molecule has 0 aliphatic rings. The molecule has 0 spiro atoms. The average Bonchev–Trinajstić information content (AvgIpc) is 2.26. The molecule has 0 bridgehead atoms. The second kappa shape index (κ2) is 6.43. The van der Waals surface area contributed by atoms with Gasteiger partial charge in [-0.25, -0.2) is 4.79 Å². The lowest BCUT2D eigenvalue weighted by Gasteiger charge is -2.20. The van der Waals surface area contributed by atoms with Gasteiger partial charge < -0.3 is 9.84 Å². The molecule has 0 aliphatic heterocycles. The Balaban J connectivity index is 3.27. The van der Waals surface area contributed by atoms with E-state index in [4.69, 9.17) is 21.4 Å². The minimum absolute atomic E-state index is 0.113. The molecule has 0 saturated heterocycles. The Labute approximate surface area is 116 Å². The van der Waals surface area contributed by atoms with Crippen LogP contribution in [-0.4, -0.2) is 17.2 Å². The fourth-order valence-electron chi connectivity index (χ4n) is 1.77. The van der Waals surface area contributed by atoms with Crippen LogP contribution in [0.25, 0.3) is 0 Å². The van der Waals surface area contributed by atoms with Gasteiger partial charge in [-0.05, 0) is 17.5 Å².